The van der Waals surface area contributed by atoms with Crippen molar-refractivity contribution in [3.05, 3.63) is 28.8 Å². The first-order valence-corrected chi connectivity index (χ1v) is 5.74. The first-order valence-electron chi connectivity index (χ1n) is 5.36. The lowest BCUT2D eigenvalue weighted by Gasteiger charge is -2.37. The zero-order chi connectivity index (χ0) is 12.3. The molecule has 0 saturated heterocycles. The van der Waals surface area contributed by atoms with Crippen molar-refractivity contribution < 1.29 is 0 Å². The van der Waals surface area contributed by atoms with E-state index in [1.165, 1.54) is 0 Å². The van der Waals surface area contributed by atoms with Crippen molar-refractivity contribution in [1.29, 1.82) is 5.26 Å². The fraction of sp³-hybridized carbons (Fsp3) is 0.462. The van der Waals surface area contributed by atoms with Crippen molar-refractivity contribution >= 4 is 17.3 Å². The molecule has 1 rings (SSSR count). The number of nitriles is 1. The monoisotopic (exact) mass is 236 g/mol. The van der Waals surface area contributed by atoms with Crippen LogP contribution < -0.4 is 4.90 Å². The third-order valence-corrected chi connectivity index (χ3v) is 3.55. The van der Waals surface area contributed by atoms with Crippen molar-refractivity contribution in [2.75, 3.05) is 11.9 Å². The maximum absolute atomic E-state index is 9.13. The van der Waals surface area contributed by atoms with E-state index in [0.717, 1.165) is 12.1 Å². The van der Waals surface area contributed by atoms with Gasteiger partial charge in [-0.15, -0.1) is 0 Å². The molecule has 86 valence electrons. The highest BCUT2D eigenvalue weighted by atomic mass is 35.5. The average Bonchev–Trinajstić information content (AvgIpc) is 2.27. The van der Waals surface area contributed by atoms with Gasteiger partial charge < -0.3 is 4.90 Å². The molecule has 0 unspecified atom stereocenters. The first-order chi connectivity index (χ1) is 7.44. The van der Waals surface area contributed by atoms with Crippen LogP contribution in [0.3, 0.4) is 0 Å². The topological polar surface area (TPSA) is 27.0 Å². The van der Waals surface area contributed by atoms with Gasteiger partial charge in [0.2, 0.25) is 0 Å². The minimum Gasteiger partial charge on any atom is -0.368 e. The lowest BCUT2D eigenvalue weighted by Crippen LogP contribution is -2.40. The summed E-state index contributed by atoms with van der Waals surface area (Å²) in [6, 6.07) is 7.72. The van der Waals surface area contributed by atoms with Crippen LogP contribution in [0.2, 0.25) is 5.02 Å². The fourth-order valence-electron chi connectivity index (χ4n) is 1.47. The van der Waals surface area contributed by atoms with Gasteiger partial charge in [0.25, 0.3) is 0 Å². The second-order valence-electron chi connectivity index (χ2n) is 4.47. The molecule has 1 aromatic carbocycles. The zero-order valence-electron chi connectivity index (χ0n) is 10.2. The summed E-state index contributed by atoms with van der Waals surface area (Å²) in [5.41, 5.74) is 1.45. The van der Waals surface area contributed by atoms with Crippen LogP contribution in [0.5, 0.6) is 0 Å². The highest BCUT2D eigenvalue weighted by Gasteiger charge is 2.23. The molecule has 0 bridgehead atoms. The molecule has 2 nitrogen and oxygen atoms in total. The summed E-state index contributed by atoms with van der Waals surface area (Å²) in [4.78, 5) is 2.11. The van der Waals surface area contributed by atoms with Gasteiger partial charge in [0, 0.05) is 12.6 Å². The highest BCUT2D eigenvalue weighted by molar-refractivity contribution is 6.32. The third kappa shape index (κ3) is 2.31. The van der Waals surface area contributed by atoms with Crippen molar-refractivity contribution in [2.45, 2.75) is 32.7 Å². The summed E-state index contributed by atoms with van der Waals surface area (Å²) in [6.07, 6.45) is 1.00. The Kier molecular flexibility index (Phi) is 3.83. The van der Waals surface area contributed by atoms with E-state index < -0.39 is 0 Å². The Bertz CT molecular complexity index is 418. The van der Waals surface area contributed by atoms with E-state index in [2.05, 4.69) is 31.7 Å². The van der Waals surface area contributed by atoms with Crippen molar-refractivity contribution in [2.24, 2.45) is 0 Å². The molecule has 0 aliphatic carbocycles. The van der Waals surface area contributed by atoms with E-state index in [0.29, 0.717) is 10.6 Å². The molecule has 0 aliphatic heterocycles. The number of nitrogens with zero attached hydrogens (tertiary/aromatic N) is 2. The number of hydrogen-bond donors (Lipinski definition) is 0. The molecule has 0 aromatic heterocycles. The third-order valence-electron chi connectivity index (χ3n) is 3.24. The minimum absolute atomic E-state index is 0.0102. The van der Waals surface area contributed by atoms with Gasteiger partial charge in [0.1, 0.15) is 6.07 Å². The zero-order valence-corrected chi connectivity index (χ0v) is 11.0. The predicted octanol–water partition coefficient (Wildman–Crippen LogP) is 3.84. The van der Waals surface area contributed by atoms with Gasteiger partial charge in [0.05, 0.1) is 16.3 Å². The highest BCUT2D eigenvalue weighted by Crippen LogP contribution is 2.31. The molecule has 0 heterocycles. The Morgan fingerprint density at radius 2 is 2.06 bits per heavy atom. The van der Waals surface area contributed by atoms with Crippen LogP contribution in [-0.2, 0) is 0 Å². The predicted molar refractivity (Wildman–Crippen MR) is 68.9 cm³/mol. The molecule has 1 aromatic rings. The first kappa shape index (κ1) is 12.9. The standard InChI is InChI=1S/C13H17ClN2/c1-5-13(2,3)16(4)12-8-6-7-11(14)10(12)9-15/h6-8H,5H2,1-4H3. The minimum atomic E-state index is 0.0102. The smallest absolute Gasteiger partial charge is 0.103 e. The van der Waals surface area contributed by atoms with E-state index in [1.54, 1.807) is 6.07 Å². The Hall–Kier alpha value is -1.20. The Morgan fingerprint density at radius 3 is 2.56 bits per heavy atom. The van der Waals surface area contributed by atoms with Crippen LogP contribution in [0.1, 0.15) is 32.8 Å². The molecular formula is C13H17ClN2. The lowest BCUT2D eigenvalue weighted by molar-refractivity contribution is 0.470. The fourth-order valence-corrected chi connectivity index (χ4v) is 1.68. The Morgan fingerprint density at radius 1 is 1.44 bits per heavy atom. The normalized spacial score (nSPS) is 11.0. The Balaban J connectivity index is 3.25. The van der Waals surface area contributed by atoms with Gasteiger partial charge in [-0.05, 0) is 32.4 Å². The van der Waals surface area contributed by atoms with Gasteiger partial charge in [-0.25, -0.2) is 0 Å². The summed E-state index contributed by atoms with van der Waals surface area (Å²) in [5, 5.41) is 9.64. The van der Waals surface area contributed by atoms with E-state index in [-0.39, 0.29) is 5.54 Å². The largest absolute Gasteiger partial charge is 0.368 e. The molecule has 0 radical (unpaired) electrons. The van der Waals surface area contributed by atoms with Gasteiger partial charge in [0.15, 0.2) is 0 Å². The summed E-state index contributed by atoms with van der Waals surface area (Å²) in [7, 11) is 2.00. The summed E-state index contributed by atoms with van der Waals surface area (Å²) in [6.45, 7) is 6.43. The Labute approximate surface area is 102 Å². The second kappa shape index (κ2) is 4.76. The van der Waals surface area contributed by atoms with E-state index in [1.807, 2.05) is 19.2 Å². The summed E-state index contributed by atoms with van der Waals surface area (Å²) >= 11 is 6.02. The molecule has 0 spiro atoms. The number of rotatable bonds is 3. The maximum Gasteiger partial charge on any atom is 0.103 e. The van der Waals surface area contributed by atoms with Gasteiger partial charge in [-0.1, -0.05) is 24.6 Å². The number of benzene rings is 1. The summed E-state index contributed by atoms with van der Waals surface area (Å²) in [5.74, 6) is 0. The summed E-state index contributed by atoms with van der Waals surface area (Å²) < 4.78 is 0. The number of anilines is 1. The molecule has 0 N–H and O–H groups in total. The molecule has 0 fully saturated rings. The van der Waals surface area contributed by atoms with E-state index in [4.69, 9.17) is 16.9 Å². The lowest BCUT2D eigenvalue weighted by atomic mass is 9.98. The van der Waals surface area contributed by atoms with Gasteiger partial charge >= 0.3 is 0 Å². The molecule has 0 saturated carbocycles. The SMILES string of the molecule is CCC(C)(C)N(C)c1cccc(Cl)c1C#N. The van der Waals surface area contributed by atoms with Crippen molar-refractivity contribution in [1.82, 2.24) is 0 Å². The molecule has 0 atom stereocenters. The average molecular weight is 237 g/mol. The van der Waals surface area contributed by atoms with Crippen LogP contribution in [0.25, 0.3) is 0 Å². The molecule has 3 heteroatoms. The number of halogens is 1. The van der Waals surface area contributed by atoms with Crippen molar-refractivity contribution in [3.8, 4) is 6.07 Å². The van der Waals surface area contributed by atoms with Crippen LogP contribution in [0.15, 0.2) is 18.2 Å². The van der Waals surface area contributed by atoms with Gasteiger partial charge in [-0.3, -0.25) is 0 Å². The van der Waals surface area contributed by atoms with Crippen LogP contribution in [0.4, 0.5) is 5.69 Å². The number of hydrogen-bond acceptors (Lipinski definition) is 2. The van der Waals surface area contributed by atoms with E-state index in [9.17, 15) is 0 Å². The molecular weight excluding hydrogens is 220 g/mol. The van der Waals surface area contributed by atoms with Crippen LogP contribution in [-0.4, -0.2) is 12.6 Å². The van der Waals surface area contributed by atoms with Crippen molar-refractivity contribution in [3.63, 3.8) is 0 Å². The maximum atomic E-state index is 9.13. The molecule has 0 amide bonds. The van der Waals surface area contributed by atoms with Crippen LogP contribution >= 0.6 is 11.6 Å². The van der Waals surface area contributed by atoms with Gasteiger partial charge in [-0.2, -0.15) is 5.26 Å². The van der Waals surface area contributed by atoms with E-state index >= 15 is 0 Å². The molecule has 0 aliphatic rings. The quantitative estimate of drug-likeness (QED) is 0.798. The second-order valence-corrected chi connectivity index (χ2v) is 4.88. The van der Waals surface area contributed by atoms with Crippen LogP contribution in [0, 0.1) is 11.3 Å². The molecule has 16 heavy (non-hydrogen) atoms.